The van der Waals surface area contributed by atoms with Crippen molar-refractivity contribution in [2.45, 2.75) is 51.1 Å². The topological polar surface area (TPSA) is 138 Å². The number of aromatic nitrogens is 7. The first kappa shape index (κ1) is 25.3. The van der Waals surface area contributed by atoms with Crippen LogP contribution in [0, 0.1) is 11.8 Å². The van der Waals surface area contributed by atoms with Crippen LogP contribution < -0.4 is 16.6 Å². The highest BCUT2D eigenvalue weighted by Gasteiger charge is 2.27. The molecule has 1 fully saturated rings. The third-order valence-corrected chi connectivity index (χ3v) is 7.33. The van der Waals surface area contributed by atoms with Gasteiger partial charge < -0.3 is 11.1 Å². The van der Waals surface area contributed by atoms with Gasteiger partial charge in [-0.2, -0.15) is 5.10 Å². The van der Waals surface area contributed by atoms with Gasteiger partial charge in [-0.25, -0.2) is 14.5 Å². The molecule has 6 rings (SSSR count). The Balaban J connectivity index is 1.44. The zero-order valence-electron chi connectivity index (χ0n) is 22.3. The van der Waals surface area contributed by atoms with Crippen molar-refractivity contribution < 1.29 is 4.79 Å². The van der Waals surface area contributed by atoms with E-state index in [-0.39, 0.29) is 23.0 Å². The Morgan fingerprint density at radius 3 is 2.77 bits per heavy atom. The third kappa shape index (κ3) is 4.58. The molecular weight excluding hydrogens is 506 g/mol. The smallest absolute Gasteiger partial charge is 0.262 e. The molecule has 0 bridgehead atoms. The van der Waals surface area contributed by atoms with Crippen LogP contribution in [0.5, 0.6) is 0 Å². The molecule has 1 aliphatic carbocycles. The summed E-state index contributed by atoms with van der Waals surface area (Å²) >= 11 is 0. The lowest BCUT2D eigenvalue weighted by atomic mass is 9.94. The molecule has 0 spiro atoms. The molecule has 5 aromatic rings. The first-order valence-corrected chi connectivity index (χ1v) is 13.4. The number of nitrogen functional groups attached to an aromatic ring is 1. The van der Waals surface area contributed by atoms with Gasteiger partial charge in [-0.05, 0) is 38.0 Å². The van der Waals surface area contributed by atoms with Crippen LogP contribution in [-0.4, -0.2) is 39.8 Å². The maximum Gasteiger partial charge on any atom is 0.262 e. The highest BCUT2D eigenvalue weighted by Crippen LogP contribution is 2.30. The van der Waals surface area contributed by atoms with E-state index in [1.165, 1.54) is 4.52 Å². The molecule has 3 N–H and O–H groups in total. The number of amides is 1. The van der Waals surface area contributed by atoms with Gasteiger partial charge in [-0.15, -0.1) is 5.10 Å². The number of anilines is 1. The van der Waals surface area contributed by atoms with Gasteiger partial charge >= 0.3 is 0 Å². The van der Waals surface area contributed by atoms with E-state index >= 15 is 0 Å². The Hall–Kier alpha value is -4.98. The van der Waals surface area contributed by atoms with E-state index < -0.39 is 11.9 Å². The highest BCUT2D eigenvalue weighted by atomic mass is 16.2. The lowest BCUT2D eigenvalue weighted by Gasteiger charge is -2.28. The van der Waals surface area contributed by atoms with Crippen molar-refractivity contribution in [1.82, 2.24) is 39.2 Å². The summed E-state index contributed by atoms with van der Waals surface area (Å²) in [7, 11) is 1.83. The maximum absolute atomic E-state index is 14.2. The second-order valence-electron chi connectivity index (χ2n) is 10.1. The Kier molecular flexibility index (Phi) is 6.51. The van der Waals surface area contributed by atoms with Crippen molar-refractivity contribution in [3.8, 4) is 11.8 Å². The second kappa shape index (κ2) is 10.3. The molecule has 4 aromatic heterocycles. The van der Waals surface area contributed by atoms with Crippen LogP contribution in [0.2, 0.25) is 0 Å². The number of aryl methyl sites for hydroxylation is 1. The standard InChI is InChI=1S/C29H29N9O2/c1-18(33-28(39)24-25(30)35-37-15-7-14-31-27(24)37)26-34-22-11-6-8-20(13-12-19-16-32-36(2)17-19)23(22)29(40)38(26)21-9-4-3-5-10-21/h6-8,11,14-18,21H,3-5,9-10H2,1-2H3,(H2,30,35)(H,33,39)/t18-/m0/s1. The van der Waals surface area contributed by atoms with Crippen LogP contribution in [0.3, 0.4) is 0 Å². The Bertz CT molecular complexity index is 1870. The molecule has 0 unspecified atom stereocenters. The van der Waals surface area contributed by atoms with Gasteiger partial charge in [0.05, 0.1) is 28.7 Å². The summed E-state index contributed by atoms with van der Waals surface area (Å²) in [5, 5.41) is 11.8. The summed E-state index contributed by atoms with van der Waals surface area (Å²) in [6.45, 7) is 1.83. The number of hydrogen-bond donors (Lipinski definition) is 2. The minimum atomic E-state index is -0.588. The molecule has 1 aliphatic rings. The van der Waals surface area contributed by atoms with Crippen LogP contribution in [0.1, 0.15) is 78.4 Å². The molecule has 202 valence electrons. The maximum atomic E-state index is 14.2. The average molecular weight is 536 g/mol. The Morgan fingerprint density at radius 2 is 2.00 bits per heavy atom. The molecule has 1 saturated carbocycles. The SMILES string of the molecule is C[C@H](NC(=O)c1c(N)nn2cccnc12)c1nc2cccc(C#Cc3cnn(C)c3)c2c(=O)n1C1CCCCC1. The summed E-state index contributed by atoms with van der Waals surface area (Å²) in [6, 6.07) is 6.59. The molecule has 0 aliphatic heterocycles. The number of nitrogens with zero attached hydrogens (tertiary/aromatic N) is 7. The Labute approximate surface area is 230 Å². The van der Waals surface area contributed by atoms with E-state index in [2.05, 4.69) is 32.3 Å². The molecular formula is C29H29N9O2. The summed E-state index contributed by atoms with van der Waals surface area (Å²) in [4.78, 5) is 36.8. The number of nitrogens with two attached hydrogens (primary N) is 1. The van der Waals surface area contributed by atoms with Gasteiger partial charge in [0.2, 0.25) is 0 Å². The molecule has 4 heterocycles. The van der Waals surface area contributed by atoms with E-state index in [0.29, 0.717) is 27.9 Å². The fourth-order valence-corrected chi connectivity index (χ4v) is 5.44. The van der Waals surface area contributed by atoms with Gasteiger partial charge in [0.1, 0.15) is 11.4 Å². The summed E-state index contributed by atoms with van der Waals surface area (Å²) in [5.74, 6) is 6.41. The van der Waals surface area contributed by atoms with Crippen LogP contribution in [0.4, 0.5) is 5.82 Å². The summed E-state index contributed by atoms with van der Waals surface area (Å²) in [6.07, 6.45) is 11.7. The third-order valence-electron chi connectivity index (χ3n) is 7.33. The normalized spacial score (nSPS) is 14.7. The number of nitrogens with one attached hydrogen (secondary N) is 1. The molecule has 0 saturated heterocycles. The zero-order valence-corrected chi connectivity index (χ0v) is 22.3. The molecule has 0 radical (unpaired) electrons. The predicted octanol–water partition coefficient (Wildman–Crippen LogP) is 3.15. The monoisotopic (exact) mass is 535 g/mol. The molecule has 11 heteroatoms. The van der Waals surface area contributed by atoms with Crippen molar-refractivity contribution >= 4 is 28.3 Å². The van der Waals surface area contributed by atoms with Crippen molar-refractivity contribution in [3.63, 3.8) is 0 Å². The fourth-order valence-electron chi connectivity index (χ4n) is 5.44. The van der Waals surface area contributed by atoms with E-state index in [1.54, 1.807) is 33.9 Å². The zero-order chi connectivity index (χ0) is 27.8. The largest absolute Gasteiger partial charge is 0.381 e. The van der Waals surface area contributed by atoms with Gasteiger partial charge in [-0.1, -0.05) is 37.2 Å². The van der Waals surface area contributed by atoms with Crippen LogP contribution in [0.15, 0.2) is 53.8 Å². The molecule has 1 amide bonds. The molecule has 40 heavy (non-hydrogen) atoms. The summed E-state index contributed by atoms with van der Waals surface area (Å²) in [5.41, 5.74) is 8.37. The quantitative estimate of drug-likeness (QED) is 0.337. The van der Waals surface area contributed by atoms with Crippen molar-refractivity contribution in [2.24, 2.45) is 7.05 Å². The lowest BCUT2D eigenvalue weighted by molar-refractivity contribution is 0.0939. The van der Waals surface area contributed by atoms with Crippen LogP contribution >= 0.6 is 0 Å². The van der Waals surface area contributed by atoms with Gasteiger partial charge in [-0.3, -0.25) is 18.8 Å². The van der Waals surface area contributed by atoms with Crippen molar-refractivity contribution in [3.05, 3.63) is 81.9 Å². The van der Waals surface area contributed by atoms with E-state index in [9.17, 15) is 9.59 Å². The second-order valence-corrected chi connectivity index (χ2v) is 10.1. The molecule has 1 aromatic carbocycles. The Morgan fingerprint density at radius 1 is 1.18 bits per heavy atom. The number of carbonyl (C=O) groups excluding carboxylic acids is 1. The van der Waals surface area contributed by atoms with Crippen molar-refractivity contribution in [1.29, 1.82) is 0 Å². The van der Waals surface area contributed by atoms with E-state index in [1.807, 2.05) is 38.4 Å². The van der Waals surface area contributed by atoms with Gasteiger partial charge in [0.15, 0.2) is 11.5 Å². The number of fused-ring (bicyclic) bond motifs is 2. The van der Waals surface area contributed by atoms with Gasteiger partial charge in [0, 0.05) is 37.2 Å². The average Bonchev–Trinajstić information content (AvgIpc) is 3.53. The number of rotatable bonds is 4. The first-order chi connectivity index (χ1) is 19.4. The minimum Gasteiger partial charge on any atom is -0.381 e. The summed E-state index contributed by atoms with van der Waals surface area (Å²) < 4.78 is 4.93. The van der Waals surface area contributed by atoms with Crippen molar-refractivity contribution in [2.75, 3.05) is 5.73 Å². The van der Waals surface area contributed by atoms with E-state index in [0.717, 1.165) is 37.7 Å². The minimum absolute atomic E-state index is 0.0180. The highest BCUT2D eigenvalue weighted by molar-refractivity contribution is 6.04. The lowest BCUT2D eigenvalue weighted by Crippen LogP contribution is -2.36. The number of hydrogen-bond acceptors (Lipinski definition) is 7. The fraction of sp³-hybridized carbons (Fsp3) is 0.310. The number of benzene rings is 1. The van der Waals surface area contributed by atoms with Crippen LogP contribution in [0.25, 0.3) is 16.6 Å². The first-order valence-electron chi connectivity index (χ1n) is 13.4. The van der Waals surface area contributed by atoms with Gasteiger partial charge in [0.25, 0.3) is 11.5 Å². The molecule has 11 nitrogen and oxygen atoms in total. The van der Waals surface area contributed by atoms with Crippen LogP contribution in [-0.2, 0) is 7.05 Å². The predicted molar refractivity (Wildman–Crippen MR) is 151 cm³/mol. The number of carbonyl (C=O) groups is 1. The van der Waals surface area contributed by atoms with E-state index in [4.69, 9.17) is 10.7 Å². The molecule has 1 atom stereocenters.